The van der Waals surface area contributed by atoms with Gasteiger partial charge in [0.25, 0.3) is 0 Å². The maximum Gasteiger partial charge on any atom is 0.134 e. The van der Waals surface area contributed by atoms with Crippen LogP contribution in [-0.2, 0) is 6.42 Å². The molecule has 0 aliphatic heterocycles. The fourth-order valence-corrected chi connectivity index (χ4v) is 2.09. The summed E-state index contributed by atoms with van der Waals surface area (Å²) in [7, 11) is 1.67. The van der Waals surface area contributed by atoms with Crippen molar-refractivity contribution < 1.29 is 9.15 Å². The summed E-state index contributed by atoms with van der Waals surface area (Å²) >= 11 is 0. The molecule has 1 N–H and O–H groups in total. The quantitative estimate of drug-likeness (QED) is 0.777. The van der Waals surface area contributed by atoms with Gasteiger partial charge in [-0.05, 0) is 35.9 Å². The summed E-state index contributed by atoms with van der Waals surface area (Å²) in [5.74, 6) is 2.60. The summed E-state index contributed by atoms with van der Waals surface area (Å²) in [6, 6.07) is 9.80. The highest BCUT2D eigenvalue weighted by Crippen LogP contribution is 2.29. The van der Waals surface area contributed by atoms with Crippen LogP contribution >= 0.6 is 0 Å². The topological polar surface area (TPSA) is 51.1 Å². The molecular weight excluding hydrogens is 240 g/mol. The second-order valence-electron chi connectivity index (χ2n) is 4.21. The van der Waals surface area contributed by atoms with Gasteiger partial charge in [-0.15, -0.1) is 0 Å². The summed E-state index contributed by atoms with van der Waals surface area (Å²) in [6.45, 7) is 0. The van der Waals surface area contributed by atoms with Crippen LogP contribution in [0.3, 0.4) is 0 Å². The van der Waals surface area contributed by atoms with E-state index >= 15 is 0 Å². The molecule has 0 unspecified atom stereocenters. The van der Waals surface area contributed by atoms with Gasteiger partial charge in [0.15, 0.2) is 0 Å². The van der Waals surface area contributed by atoms with Gasteiger partial charge in [0.1, 0.15) is 17.3 Å². The van der Waals surface area contributed by atoms with Gasteiger partial charge in [-0.25, -0.2) is 4.98 Å². The Hall–Kier alpha value is -2.49. The van der Waals surface area contributed by atoms with Crippen molar-refractivity contribution in [1.29, 1.82) is 0 Å². The van der Waals surface area contributed by atoms with E-state index in [1.54, 1.807) is 19.6 Å². The predicted octanol–water partition coefficient (Wildman–Crippen LogP) is 3.27. The molecule has 4 heteroatoms. The minimum Gasteiger partial charge on any atom is -0.497 e. The largest absolute Gasteiger partial charge is 0.497 e. The van der Waals surface area contributed by atoms with E-state index in [1.807, 2.05) is 36.5 Å². The van der Waals surface area contributed by atoms with Gasteiger partial charge in [0, 0.05) is 24.4 Å². The zero-order chi connectivity index (χ0) is 13.1. The van der Waals surface area contributed by atoms with Gasteiger partial charge < -0.3 is 14.1 Å². The molecule has 0 bridgehead atoms. The number of ether oxygens (including phenoxy) is 1. The van der Waals surface area contributed by atoms with E-state index in [9.17, 15) is 0 Å². The first kappa shape index (κ1) is 11.6. The Morgan fingerprint density at radius 1 is 1.32 bits per heavy atom. The summed E-state index contributed by atoms with van der Waals surface area (Å²) in [6.07, 6.45) is 5.96. The third-order valence-corrected chi connectivity index (χ3v) is 3.01. The van der Waals surface area contributed by atoms with Gasteiger partial charge in [-0.1, -0.05) is 0 Å². The van der Waals surface area contributed by atoms with Crippen LogP contribution < -0.4 is 4.74 Å². The standard InChI is InChI=1S/C15H14N2O2/c1-18-12-4-5-13(14-3-2-8-19-14)11(9-12)10-15-16-6-7-17-15/h2-9H,10H2,1H3,(H,16,17). The first-order valence-electron chi connectivity index (χ1n) is 6.06. The van der Waals surface area contributed by atoms with Gasteiger partial charge in [0.2, 0.25) is 0 Å². The van der Waals surface area contributed by atoms with E-state index < -0.39 is 0 Å². The second kappa shape index (κ2) is 5.02. The number of imidazole rings is 1. The lowest BCUT2D eigenvalue weighted by Gasteiger charge is -2.09. The van der Waals surface area contributed by atoms with Crippen LogP contribution in [0.2, 0.25) is 0 Å². The van der Waals surface area contributed by atoms with Crippen LogP contribution in [0.25, 0.3) is 11.3 Å². The van der Waals surface area contributed by atoms with Gasteiger partial charge in [0.05, 0.1) is 13.4 Å². The van der Waals surface area contributed by atoms with Crippen molar-refractivity contribution in [2.45, 2.75) is 6.42 Å². The highest BCUT2D eigenvalue weighted by molar-refractivity contribution is 5.64. The number of aromatic amines is 1. The molecule has 0 saturated heterocycles. The number of benzene rings is 1. The Balaban J connectivity index is 2.03. The number of furan rings is 1. The van der Waals surface area contributed by atoms with E-state index in [2.05, 4.69) is 9.97 Å². The molecule has 19 heavy (non-hydrogen) atoms. The number of nitrogens with one attached hydrogen (secondary N) is 1. The number of nitrogens with zero attached hydrogens (tertiary/aromatic N) is 1. The Morgan fingerprint density at radius 2 is 2.26 bits per heavy atom. The molecule has 3 rings (SSSR count). The van der Waals surface area contributed by atoms with Crippen LogP contribution in [-0.4, -0.2) is 17.1 Å². The Labute approximate surface area is 111 Å². The fourth-order valence-electron chi connectivity index (χ4n) is 2.09. The fraction of sp³-hybridized carbons (Fsp3) is 0.133. The maximum atomic E-state index is 5.48. The Morgan fingerprint density at radius 3 is 2.95 bits per heavy atom. The SMILES string of the molecule is COc1ccc(-c2ccco2)c(Cc2ncc[nH]2)c1. The molecule has 1 aromatic carbocycles. The average Bonchev–Trinajstić information content (AvgIpc) is 3.11. The summed E-state index contributed by atoms with van der Waals surface area (Å²) in [5.41, 5.74) is 2.17. The van der Waals surface area contributed by atoms with Gasteiger partial charge >= 0.3 is 0 Å². The van der Waals surface area contributed by atoms with Crippen LogP contribution in [0.4, 0.5) is 0 Å². The smallest absolute Gasteiger partial charge is 0.134 e. The molecular formula is C15H14N2O2. The van der Waals surface area contributed by atoms with Crippen molar-refractivity contribution in [1.82, 2.24) is 9.97 Å². The van der Waals surface area contributed by atoms with Crippen LogP contribution in [0.15, 0.2) is 53.4 Å². The van der Waals surface area contributed by atoms with Crippen LogP contribution in [0.5, 0.6) is 5.75 Å². The summed E-state index contributed by atoms with van der Waals surface area (Å²) in [4.78, 5) is 7.38. The number of methoxy groups -OCH3 is 1. The van der Waals surface area contributed by atoms with E-state index in [0.717, 1.165) is 28.5 Å². The molecule has 2 heterocycles. The van der Waals surface area contributed by atoms with Crippen molar-refractivity contribution in [2.24, 2.45) is 0 Å². The minimum atomic E-state index is 0.709. The zero-order valence-corrected chi connectivity index (χ0v) is 10.6. The van der Waals surface area contributed by atoms with Crippen molar-refractivity contribution in [3.63, 3.8) is 0 Å². The number of H-pyrrole nitrogens is 1. The zero-order valence-electron chi connectivity index (χ0n) is 10.6. The summed E-state index contributed by atoms with van der Waals surface area (Å²) < 4.78 is 10.8. The molecule has 3 aromatic rings. The molecule has 0 amide bonds. The highest BCUT2D eigenvalue weighted by atomic mass is 16.5. The second-order valence-corrected chi connectivity index (χ2v) is 4.21. The number of aromatic nitrogens is 2. The molecule has 0 radical (unpaired) electrons. The van der Waals surface area contributed by atoms with Crippen molar-refractivity contribution in [3.05, 3.63) is 60.4 Å². The van der Waals surface area contributed by atoms with E-state index in [4.69, 9.17) is 9.15 Å². The highest BCUT2D eigenvalue weighted by Gasteiger charge is 2.10. The first-order valence-corrected chi connectivity index (χ1v) is 6.06. The molecule has 0 aliphatic carbocycles. The lowest BCUT2D eigenvalue weighted by atomic mass is 10.0. The Bertz CT molecular complexity index is 643. The molecule has 0 fully saturated rings. The van der Waals surface area contributed by atoms with E-state index in [-0.39, 0.29) is 0 Å². The molecule has 4 nitrogen and oxygen atoms in total. The Kier molecular flexibility index (Phi) is 3.06. The predicted molar refractivity (Wildman–Crippen MR) is 72.1 cm³/mol. The first-order chi connectivity index (χ1) is 9.36. The van der Waals surface area contributed by atoms with E-state index in [1.165, 1.54) is 0 Å². The van der Waals surface area contributed by atoms with Gasteiger partial charge in [-0.3, -0.25) is 0 Å². The van der Waals surface area contributed by atoms with Crippen LogP contribution in [0.1, 0.15) is 11.4 Å². The van der Waals surface area contributed by atoms with Gasteiger partial charge in [-0.2, -0.15) is 0 Å². The number of hydrogen-bond acceptors (Lipinski definition) is 3. The number of rotatable bonds is 4. The molecule has 96 valence electrons. The molecule has 0 saturated carbocycles. The molecule has 0 atom stereocenters. The maximum absolute atomic E-state index is 5.48. The van der Waals surface area contributed by atoms with Crippen molar-refractivity contribution in [3.8, 4) is 17.1 Å². The van der Waals surface area contributed by atoms with Crippen molar-refractivity contribution >= 4 is 0 Å². The summed E-state index contributed by atoms with van der Waals surface area (Å²) in [5, 5.41) is 0. The molecule has 2 aromatic heterocycles. The molecule has 0 spiro atoms. The lowest BCUT2D eigenvalue weighted by molar-refractivity contribution is 0.414. The molecule has 0 aliphatic rings. The number of hydrogen-bond donors (Lipinski definition) is 1. The van der Waals surface area contributed by atoms with Crippen LogP contribution in [0, 0.1) is 0 Å². The van der Waals surface area contributed by atoms with Crippen molar-refractivity contribution in [2.75, 3.05) is 7.11 Å². The average molecular weight is 254 g/mol. The monoisotopic (exact) mass is 254 g/mol. The third kappa shape index (κ3) is 2.38. The van der Waals surface area contributed by atoms with E-state index in [0.29, 0.717) is 6.42 Å². The normalized spacial score (nSPS) is 10.6. The lowest BCUT2D eigenvalue weighted by Crippen LogP contribution is -1.95. The minimum absolute atomic E-state index is 0.709. The third-order valence-electron chi connectivity index (χ3n) is 3.01.